The van der Waals surface area contributed by atoms with Gasteiger partial charge in [-0.2, -0.15) is 0 Å². The zero-order valence-electron chi connectivity index (χ0n) is 12.6. The Hall–Kier alpha value is -2.08. The molecule has 0 aliphatic heterocycles. The number of amides is 1. The summed E-state index contributed by atoms with van der Waals surface area (Å²) in [7, 11) is 3.10. The van der Waals surface area contributed by atoms with Crippen molar-refractivity contribution in [3.05, 3.63) is 23.8 Å². The smallest absolute Gasteiger partial charge is 0.257 e. The number of carbonyl (C=O) groups excluding carboxylic acids is 2. The summed E-state index contributed by atoms with van der Waals surface area (Å²) in [6.07, 6.45) is 0.749. The minimum absolute atomic E-state index is 0.0595. The Kier molecular flexibility index (Phi) is 7.25. The van der Waals surface area contributed by atoms with Crippen molar-refractivity contribution in [1.29, 1.82) is 0 Å². The molecule has 21 heavy (non-hydrogen) atoms. The third kappa shape index (κ3) is 5.83. The number of ketones is 1. The fourth-order valence-electron chi connectivity index (χ4n) is 1.64. The van der Waals surface area contributed by atoms with Gasteiger partial charge in [0.2, 0.25) is 0 Å². The Morgan fingerprint density at radius 2 is 1.95 bits per heavy atom. The lowest BCUT2D eigenvalue weighted by molar-refractivity contribution is -0.123. The monoisotopic (exact) mass is 295 g/mol. The number of methoxy groups -OCH3 is 2. The van der Waals surface area contributed by atoms with Crippen LogP contribution in [0.3, 0.4) is 0 Å². The lowest BCUT2D eigenvalue weighted by Gasteiger charge is -2.11. The molecule has 0 unspecified atom stereocenters. The second-order valence-corrected chi connectivity index (χ2v) is 4.41. The number of benzene rings is 1. The van der Waals surface area contributed by atoms with Crippen LogP contribution in [0.1, 0.15) is 23.7 Å². The van der Waals surface area contributed by atoms with Crippen molar-refractivity contribution in [2.45, 2.75) is 13.3 Å². The molecule has 1 amide bonds. The Morgan fingerprint density at radius 1 is 1.19 bits per heavy atom. The van der Waals surface area contributed by atoms with Gasteiger partial charge >= 0.3 is 0 Å². The van der Waals surface area contributed by atoms with Crippen molar-refractivity contribution >= 4 is 11.7 Å². The molecule has 0 bridgehead atoms. The van der Waals surface area contributed by atoms with Crippen molar-refractivity contribution in [1.82, 2.24) is 5.32 Å². The molecule has 0 heterocycles. The summed E-state index contributed by atoms with van der Waals surface area (Å²) < 4.78 is 15.4. The predicted octanol–water partition coefficient (Wildman–Crippen LogP) is 1.43. The van der Waals surface area contributed by atoms with Crippen LogP contribution < -0.4 is 14.8 Å². The van der Waals surface area contributed by atoms with E-state index in [1.54, 1.807) is 25.3 Å². The molecule has 0 aliphatic rings. The molecule has 0 fully saturated rings. The van der Waals surface area contributed by atoms with Crippen LogP contribution >= 0.6 is 0 Å². The standard InChI is InChI=1S/C15H21NO5/c1-11(17)12-5-6-13(14(9-12)20-3)21-10-15(18)16-7-4-8-19-2/h5-6,9H,4,7-8,10H2,1-3H3,(H,16,18). The van der Waals surface area contributed by atoms with Gasteiger partial charge in [-0.25, -0.2) is 0 Å². The van der Waals surface area contributed by atoms with Crippen LogP contribution in [0.4, 0.5) is 0 Å². The fourth-order valence-corrected chi connectivity index (χ4v) is 1.64. The van der Waals surface area contributed by atoms with Gasteiger partial charge in [0.05, 0.1) is 7.11 Å². The summed E-state index contributed by atoms with van der Waals surface area (Å²) in [4.78, 5) is 22.9. The lowest BCUT2D eigenvalue weighted by atomic mass is 10.1. The van der Waals surface area contributed by atoms with E-state index < -0.39 is 0 Å². The molecule has 0 aliphatic carbocycles. The molecular weight excluding hydrogens is 274 g/mol. The van der Waals surface area contributed by atoms with E-state index in [1.165, 1.54) is 14.0 Å². The molecule has 1 aromatic rings. The van der Waals surface area contributed by atoms with Gasteiger partial charge in [0.25, 0.3) is 5.91 Å². The van der Waals surface area contributed by atoms with Crippen molar-refractivity contribution in [3.63, 3.8) is 0 Å². The van der Waals surface area contributed by atoms with Crippen LogP contribution in [0.2, 0.25) is 0 Å². The van der Waals surface area contributed by atoms with Gasteiger partial charge in [-0.1, -0.05) is 0 Å². The zero-order valence-corrected chi connectivity index (χ0v) is 12.6. The molecule has 1 rings (SSSR count). The van der Waals surface area contributed by atoms with Crippen LogP contribution in [-0.2, 0) is 9.53 Å². The van der Waals surface area contributed by atoms with E-state index in [0.717, 1.165) is 6.42 Å². The molecule has 0 radical (unpaired) electrons. The minimum Gasteiger partial charge on any atom is -0.493 e. The third-order valence-electron chi connectivity index (χ3n) is 2.78. The number of rotatable bonds is 9. The highest BCUT2D eigenvalue weighted by Crippen LogP contribution is 2.28. The van der Waals surface area contributed by atoms with Crippen molar-refractivity contribution in [3.8, 4) is 11.5 Å². The summed E-state index contributed by atoms with van der Waals surface area (Å²) in [5.41, 5.74) is 0.531. The molecule has 0 saturated carbocycles. The first-order valence-electron chi connectivity index (χ1n) is 6.66. The molecule has 6 heteroatoms. The first-order valence-corrected chi connectivity index (χ1v) is 6.66. The number of Topliss-reactive ketones (excluding diaryl/α,β-unsaturated/α-hetero) is 1. The molecule has 0 spiro atoms. The molecule has 116 valence electrons. The van der Waals surface area contributed by atoms with Gasteiger partial charge in [0.15, 0.2) is 23.9 Å². The first-order chi connectivity index (χ1) is 10.1. The third-order valence-corrected chi connectivity index (χ3v) is 2.78. The second-order valence-electron chi connectivity index (χ2n) is 4.41. The van der Waals surface area contributed by atoms with Crippen LogP contribution in [0.5, 0.6) is 11.5 Å². The van der Waals surface area contributed by atoms with Gasteiger partial charge in [-0.15, -0.1) is 0 Å². The van der Waals surface area contributed by atoms with Gasteiger partial charge in [-0.05, 0) is 31.5 Å². The van der Waals surface area contributed by atoms with Crippen LogP contribution in [0.25, 0.3) is 0 Å². The van der Waals surface area contributed by atoms with Crippen molar-refractivity contribution < 1.29 is 23.8 Å². The number of hydrogen-bond acceptors (Lipinski definition) is 5. The van der Waals surface area contributed by atoms with E-state index in [9.17, 15) is 9.59 Å². The van der Waals surface area contributed by atoms with Gasteiger partial charge in [-0.3, -0.25) is 9.59 Å². The topological polar surface area (TPSA) is 73.9 Å². The molecule has 6 nitrogen and oxygen atoms in total. The van der Waals surface area contributed by atoms with E-state index >= 15 is 0 Å². The highest BCUT2D eigenvalue weighted by molar-refractivity contribution is 5.94. The zero-order chi connectivity index (χ0) is 15.7. The molecule has 1 N–H and O–H groups in total. The first kappa shape index (κ1) is 17.0. The summed E-state index contributed by atoms with van der Waals surface area (Å²) in [6, 6.07) is 4.85. The Bertz CT molecular complexity index is 487. The van der Waals surface area contributed by atoms with Crippen LogP contribution in [0.15, 0.2) is 18.2 Å². The number of nitrogens with one attached hydrogen (secondary N) is 1. The maximum atomic E-state index is 11.6. The number of ether oxygens (including phenoxy) is 3. The largest absolute Gasteiger partial charge is 0.493 e. The predicted molar refractivity (Wildman–Crippen MR) is 78.0 cm³/mol. The van der Waals surface area contributed by atoms with Crippen molar-refractivity contribution in [2.75, 3.05) is 34.0 Å². The maximum Gasteiger partial charge on any atom is 0.257 e. The lowest BCUT2D eigenvalue weighted by Crippen LogP contribution is -2.30. The normalized spacial score (nSPS) is 10.0. The fraction of sp³-hybridized carbons (Fsp3) is 0.467. The van der Waals surface area contributed by atoms with E-state index in [2.05, 4.69) is 5.32 Å². The Morgan fingerprint density at radius 3 is 2.57 bits per heavy atom. The highest BCUT2D eigenvalue weighted by Gasteiger charge is 2.10. The average molecular weight is 295 g/mol. The quantitative estimate of drug-likeness (QED) is 0.551. The molecule has 0 atom stereocenters. The number of carbonyl (C=O) groups is 2. The van der Waals surface area contributed by atoms with E-state index in [1.807, 2.05) is 0 Å². The highest BCUT2D eigenvalue weighted by atomic mass is 16.5. The Labute approximate surface area is 124 Å². The van der Waals surface area contributed by atoms with E-state index in [4.69, 9.17) is 14.2 Å². The minimum atomic E-state index is -0.219. The maximum absolute atomic E-state index is 11.6. The van der Waals surface area contributed by atoms with Crippen LogP contribution in [0, 0.1) is 0 Å². The van der Waals surface area contributed by atoms with Gasteiger partial charge < -0.3 is 19.5 Å². The van der Waals surface area contributed by atoms with E-state index in [-0.39, 0.29) is 18.3 Å². The average Bonchev–Trinajstić information content (AvgIpc) is 2.49. The summed E-state index contributed by atoms with van der Waals surface area (Å²) in [5, 5.41) is 2.72. The second kappa shape index (κ2) is 8.97. The SMILES string of the molecule is COCCCNC(=O)COc1ccc(C(C)=O)cc1OC. The molecular formula is C15H21NO5. The summed E-state index contributed by atoms with van der Waals surface area (Å²) in [5.74, 6) is 0.573. The molecule has 1 aromatic carbocycles. The van der Waals surface area contributed by atoms with E-state index in [0.29, 0.717) is 30.2 Å². The van der Waals surface area contributed by atoms with Gasteiger partial charge in [0, 0.05) is 25.8 Å². The molecule has 0 saturated heterocycles. The Balaban J connectivity index is 2.51. The summed E-state index contributed by atoms with van der Waals surface area (Å²) >= 11 is 0. The summed E-state index contributed by atoms with van der Waals surface area (Å²) in [6.45, 7) is 2.50. The number of hydrogen-bond donors (Lipinski definition) is 1. The van der Waals surface area contributed by atoms with Crippen LogP contribution in [-0.4, -0.2) is 45.7 Å². The van der Waals surface area contributed by atoms with Gasteiger partial charge in [0.1, 0.15) is 0 Å². The van der Waals surface area contributed by atoms with Crippen molar-refractivity contribution in [2.24, 2.45) is 0 Å². The molecule has 0 aromatic heterocycles.